The molecule has 0 N–H and O–H groups in total. The number of hydrogen-bond acceptors (Lipinski definition) is 7. The minimum atomic E-state index is -3.91. The summed E-state index contributed by atoms with van der Waals surface area (Å²) >= 11 is 3.26. The first-order valence-electron chi connectivity index (χ1n) is 8.98. The molecule has 1 aliphatic rings. The summed E-state index contributed by atoms with van der Waals surface area (Å²) in [4.78, 5) is 12.2. The van der Waals surface area contributed by atoms with Crippen LogP contribution in [0.25, 0.3) is 0 Å². The lowest BCUT2D eigenvalue weighted by Crippen LogP contribution is -2.47. The average molecular weight is 479 g/mol. The highest BCUT2D eigenvalue weighted by atomic mass is 79.9. The van der Waals surface area contributed by atoms with E-state index in [1.807, 2.05) is 0 Å². The molecule has 0 aromatic heterocycles. The molecule has 0 amide bonds. The molecule has 0 bridgehead atoms. The number of halogens is 1. The fraction of sp³-hybridized carbons (Fsp3) is 0.632. The molecule has 28 heavy (non-hydrogen) atoms. The zero-order valence-corrected chi connectivity index (χ0v) is 19.1. The summed E-state index contributed by atoms with van der Waals surface area (Å²) in [6.07, 6.45) is -0.623. The van der Waals surface area contributed by atoms with Crippen molar-refractivity contribution in [2.24, 2.45) is 0 Å². The average Bonchev–Trinajstić information content (AvgIpc) is 2.50. The van der Waals surface area contributed by atoms with Gasteiger partial charge in [-0.05, 0) is 58.9 Å². The number of benzene rings is 1. The highest BCUT2D eigenvalue weighted by Gasteiger charge is 2.38. The second kappa shape index (κ2) is 8.79. The Labute approximate surface area is 174 Å². The zero-order chi connectivity index (χ0) is 21.2. The quantitative estimate of drug-likeness (QED) is 0.453. The molecule has 0 aliphatic carbocycles. The van der Waals surface area contributed by atoms with Crippen LogP contribution in [0.2, 0.25) is 0 Å². The predicted octanol–water partition coefficient (Wildman–Crippen LogP) is 3.80. The third-order valence-electron chi connectivity index (χ3n) is 3.75. The number of carbonyl (C=O) groups is 1. The molecule has 0 spiro atoms. The molecule has 2 rings (SSSR count). The van der Waals surface area contributed by atoms with E-state index in [9.17, 15) is 13.2 Å². The van der Waals surface area contributed by atoms with E-state index in [1.54, 1.807) is 46.8 Å². The first-order chi connectivity index (χ1) is 12.8. The van der Waals surface area contributed by atoms with Crippen molar-refractivity contribution in [2.45, 2.75) is 76.0 Å². The number of esters is 1. The third-order valence-corrected chi connectivity index (χ3v) is 5.58. The maximum Gasteiger partial charge on any atom is 0.308 e. The van der Waals surface area contributed by atoms with Gasteiger partial charge in [-0.1, -0.05) is 15.9 Å². The fourth-order valence-corrected chi connectivity index (χ4v) is 4.05. The summed E-state index contributed by atoms with van der Waals surface area (Å²) in [6.45, 7) is 8.64. The van der Waals surface area contributed by atoms with Crippen LogP contribution in [0.3, 0.4) is 0 Å². The number of ether oxygens (including phenoxy) is 3. The highest BCUT2D eigenvalue weighted by Crippen LogP contribution is 2.30. The van der Waals surface area contributed by atoms with Gasteiger partial charge in [-0.25, -0.2) is 0 Å². The van der Waals surface area contributed by atoms with Crippen molar-refractivity contribution in [2.75, 3.05) is 6.61 Å². The molecule has 2 unspecified atom stereocenters. The molecule has 158 valence electrons. The normalized spacial score (nSPS) is 22.6. The van der Waals surface area contributed by atoms with E-state index in [0.717, 1.165) is 4.47 Å². The van der Waals surface area contributed by atoms with Gasteiger partial charge in [0.2, 0.25) is 0 Å². The Morgan fingerprint density at radius 1 is 1.18 bits per heavy atom. The molecule has 1 aromatic carbocycles. The molecule has 7 nitrogen and oxygen atoms in total. The summed E-state index contributed by atoms with van der Waals surface area (Å²) in [5.74, 6) is -1.35. The summed E-state index contributed by atoms with van der Waals surface area (Å²) < 4.78 is 47.6. The van der Waals surface area contributed by atoms with Gasteiger partial charge in [-0.2, -0.15) is 8.42 Å². The third kappa shape index (κ3) is 7.44. The van der Waals surface area contributed by atoms with Crippen LogP contribution in [0.1, 0.15) is 47.5 Å². The van der Waals surface area contributed by atoms with E-state index in [2.05, 4.69) is 15.9 Å². The van der Waals surface area contributed by atoms with Crippen molar-refractivity contribution in [3.63, 3.8) is 0 Å². The van der Waals surface area contributed by atoms with Gasteiger partial charge in [0.25, 0.3) is 10.1 Å². The van der Waals surface area contributed by atoms with Crippen LogP contribution in [0.15, 0.2) is 33.6 Å². The molecule has 1 aliphatic heterocycles. The van der Waals surface area contributed by atoms with Crippen LogP contribution in [0, 0.1) is 0 Å². The van der Waals surface area contributed by atoms with E-state index >= 15 is 0 Å². The molecule has 1 saturated heterocycles. The van der Waals surface area contributed by atoms with Crippen LogP contribution >= 0.6 is 15.9 Å². The van der Waals surface area contributed by atoms with Crippen molar-refractivity contribution in [3.05, 3.63) is 28.7 Å². The number of carbonyl (C=O) groups excluding carboxylic acids is 1. The Kier molecular flexibility index (Phi) is 7.31. The van der Waals surface area contributed by atoms with Crippen molar-refractivity contribution < 1.29 is 31.6 Å². The smallest absolute Gasteiger partial charge is 0.308 e. The minimum Gasteiger partial charge on any atom is -0.460 e. The maximum atomic E-state index is 12.4. The monoisotopic (exact) mass is 478 g/mol. The lowest BCUT2D eigenvalue weighted by Gasteiger charge is -2.40. The van der Waals surface area contributed by atoms with Crippen LogP contribution in [-0.4, -0.2) is 44.6 Å². The Balaban J connectivity index is 1.98. The fourth-order valence-electron chi connectivity index (χ4n) is 2.85. The van der Waals surface area contributed by atoms with Gasteiger partial charge < -0.3 is 14.2 Å². The molecule has 2 atom stereocenters. The predicted molar refractivity (Wildman–Crippen MR) is 106 cm³/mol. The van der Waals surface area contributed by atoms with Crippen LogP contribution < -0.4 is 0 Å². The lowest BCUT2D eigenvalue weighted by atomic mass is 10.1. The van der Waals surface area contributed by atoms with Gasteiger partial charge in [0.05, 0.1) is 30.1 Å². The van der Waals surface area contributed by atoms with E-state index < -0.39 is 33.7 Å². The molecule has 0 saturated carbocycles. The standard InChI is InChI=1S/C19H27BrO7S/c1-18(2,3)27-17(21)11-14-10-15(26-19(4,5)25-14)12-24-28(22,23)16-8-6-13(20)7-9-16/h6-9,14-15H,10-12H2,1-5H3. The second-order valence-corrected chi connectivity index (χ2v) is 10.6. The Bertz CT molecular complexity index is 781. The van der Waals surface area contributed by atoms with Crippen molar-refractivity contribution >= 4 is 32.0 Å². The van der Waals surface area contributed by atoms with E-state index in [-0.39, 0.29) is 23.9 Å². The summed E-state index contributed by atoms with van der Waals surface area (Å²) in [6, 6.07) is 6.17. The Morgan fingerprint density at radius 2 is 1.75 bits per heavy atom. The zero-order valence-electron chi connectivity index (χ0n) is 16.7. The topological polar surface area (TPSA) is 88.1 Å². The van der Waals surface area contributed by atoms with E-state index in [0.29, 0.717) is 6.42 Å². The van der Waals surface area contributed by atoms with Crippen LogP contribution in [-0.2, 0) is 33.3 Å². The van der Waals surface area contributed by atoms with Crippen LogP contribution in [0.5, 0.6) is 0 Å². The first-order valence-corrected chi connectivity index (χ1v) is 11.2. The molecule has 1 fully saturated rings. The van der Waals surface area contributed by atoms with Crippen molar-refractivity contribution in [1.29, 1.82) is 0 Å². The summed E-state index contributed by atoms with van der Waals surface area (Å²) in [5, 5.41) is 0. The summed E-state index contributed by atoms with van der Waals surface area (Å²) in [5.41, 5.74) is -0.584. The second-order valence-electron chi connectivity index (χ2n) is 8.10. The molecule has 1 heterocycles. The van der Waals surface area contributed by atoms with Gasteiger partial charge >= 0.3 is 5.97 Å². The number of hydrogen-bond donors (Lipinski definition) is 0. The number of rotatable bonds is 6. The largest absolute Gasteiger partial charge is 0.460 e. The van der Waals surface area contributed by atoms with Gasteiger partial charge in [-0.15, -0.1) is 0 Å². The molecule has 1 aromatic rings. The van der Waals surface area contributed by atoms with Crippen molar-refractivity contribution in [1.82, 2.24) is 0 Å². The van der Waals surface area contributed by atoms with E-state index in [1.165, 1.54) is 12.1 Å². The van der Waals surface area contributed by atoms with Gasteiger partial charge in [-0.3, -0.25) is 8.98 Å². The molecular formula is C19H27BrO7S. The Morgan fingerprint density at radius 3 is 2.32 bits per heavy atom. The van der Waals surface area contributed by atoms with Crippen LogP contribution in [0.4, 0.5) is 0 Å². The molecule has 9 heteroatoms. The molecular weight excluding hydrogens is 452 g/mol. The van der Waals surface area contributed by atoms with Crippen molar-refractivity contribution in [3.8, 4) is 0 Å². The van der Waals surface area contributed by atoms with Gasteiger partial charge in [0.1, 0.15) is 5.60 Å². The maximum absolute atomic E-state index is 12.4. The first kappa shape index (κ1) is 23.3. The van der Waals surface area contributed by atoms with Gasteiger partial charge in [0.15, 0.2) is 5.79 Å². The SMILES string of the molecule is CC(C)(C)OC(=O)CC1CC(COS(=O)(=O)c2ccc(Br)cc2)OC(C)(C)O1. The lowest BCUT2D eigenvalue weighted by molar-refractivity contribution is -0.303. The minimum absolute atomic E-state index is 0.0556. The van der Waals surface area contributed by atoms with E-state index in [4.69, 9.17) is 18.4 Å². The van der Waals surface area contributed by atoms with Gasteiger partial charge in [0, 0.05) is 10.9 Å². The summed E-state index contributed by atoms with van der Waals surface area (Å²) in [7, 11) is -3.91. The highest BCUT2D eigenvalue weighted by molar-refractivity contribution is 9.10. The Hall–Kier alpha value is -1.00. The molecule has 0 radical (unpaired) electrons.